The molecule has 3 rings (SSSR count). The highest BCUT2D eigenvalue weighted by Gasteiger charge is 2.32. The van der Waals surface area contributed by atoms with E-state index < -0.39 is 10.0 Å². The molecule has 1 aliphatic heterocycles. The Hall–Kier alpha value is -1.44. The summed E-state index contributed by atoms with van der Waals surface area (Å²) in [6.45, 7) is 5.79. The lowest BCUT2D eigenvalue weighted by atomic mass is 9.78. The molecule has 1 aromatic carbocycles. The van der Waals surface area contributed by atoms with Crippen LogP contribution in [0.15, 0.2) is 29.2 Å². The number of hydrogen-bond acceptors (Lipinski definition) is 4. The largest absolute Gasteiger partial charge is 0.379 e. The van der Waals surface area contributed by atoms with E-state index in [1.165, 1.54) is 10.4 Å². The van der Waals surface area contributed by atoms with Crippen LogP contribution in [0.3, 0.4) is 0 Å². The minimum absolute atomic E-state index is 0.162. The number of amides is 1. The van der Waals surface area contributed by atoms with E-state index in [1.807, 2.05) is 0 Å². The maximum Gasteiger partial charge on any atom is 0.251 e. The highest BCUT2D eigenvalue weighted by Crippen LogP contribution is 2.31. The lowest BCUT2D eigenvalue weighted by Gasteiger charge is -2.37. The smallest absolute Gasteiger partial charge is 0.251 e. The molecule has 2 fully saturated rings. The van der Waals surface area contributed by atoms with E-state index in [-0.39, 0.29) is 16.3 Å². The number of rotatable bonds is 4. The molecule has 0 radical (unpaired) electrons. The van der Waals surface area contributed by atoms with E-state index in [1.54, 1.807) is 18.2 Å². The van der Waals surface area contributed by atoms with Crippen LogP contribution in [0.4, 0.5) is 0 Å². The first-order valence-electron chi connectivity index (χ1n) is 9.31. The summed E-state index contributed by atoms with van der Waals surface area (Å²) in [6, 6.07) is 6.33. The SMILES string of the molecule is CC1CCC(C)(NC(=O)c2cccc(S(=O)(=O)N3CCOCC3)c2)CC1. The average molecular weight is 381 g/mol. The summed E-state index contributed by atoms with van der Waals surface area (Å²) in [4.78, 5) is 12.9. The predicted molar refractivity (Wildman–Crippen MR) is 99.5 cm³/mol. The predicted octanol–water partition coefficient (Wildman–Crippen LogP) is 2.41. The van der Waals surface area contributed by atoms with Gasteiger partial charge in [-0.15, -0.1) is 0 Å². The van der Waals surface area contributed by atoms with Crippen molar-refractivity contribution in [3.05, 3.63) is 29.8 Å². The number of benzene rings is 1. The normalized spacial score (nSPS) is 27.8. The molecule has 1 aliphatic carbocycles. The number of sulfonamides is 1. The summed E-state index contributed by atoms with van der Waals surface area (Å²) in [7, 11) is -3.60. The highest BCUT2D eigenvalue weighted by atomic mass is 32.2. The second-order valence-corrected chi connectivity index (χ2v) is 9.68. The van der Waals surface area contributed by atoms with Gasteiger partial charge in [-0.2, -0.15) is 4.31 Å². The minimum Gasteiger partial charge on any atom is -0.379 e. The van der Waals surface area contributed by atoms with Crippen LogP contribution in [0.2, 0.25) is 0 Å². The summed E-state index contributed by atoms with van der Waals surface area (Å²) in [5, 5.41) is 3.12. The molecule has 1 saturated heterocycles. The van der Waals surface area contributed by atoms with Gasteiger partial charge in [0.15, 0.2) is 0 Å². The van der Waals surface area contributed by atoms with Crippen LogP contribution in [-0.4, -0.2) is 50.5 Å². The van der Waals surface area contributed by atoms with Crippen molar-refractivity contribution in [3.63, 3.8) is 0 Å². The number of carbonyl (C=O) groups excluding carboxylic acids is 1. The number of carbonyl (C=O) groups is 1. The van der Waals surface area contributed by atoms with Gasteiger partial charge in [0.2, 0.25) is 10.0 Å². The van der Waals surface area contributed by atoms with Crippen LogP contribution >= 0.6 is 0 Å². The fourth-order valence-electron chi connectivity index (χ4n) is 3.60. The Labute approximate surface area is 156 Å². The number of nitrogens with zero attached hydrogens (tertiary/aromatic N) is 1. The van der Waals surface area contributed by atoms with E-state index in [0.29, 0.717) is 37.8 Å². The second-order valence-electron chi connectivity index (χ2n) is 7.74. The van der Waals surface area contributed by atoms with Crippen molar-refractivity contribution in [2.24, 2.45) is 5.92 Å². The molecule has 0 unspecified atom stereocenters. The monoisotopic (exact) mass is 380 g/mol. The van der Waals surface area contributed by atoms with Crippen LogP contribution in [0, 0.1) is 5.92 Å². The average Bonchev–Trinajstić information content (AvgIpc) is 2.65. The van der Waals surface area contributed by atoms with Crippen molar-refractivity contribution in [1.82, 2.24) is 9.62 Å². The lowest BCUT2D eigenvalue weighted by Crippen LogP contribution is -2.48. The Morgan fingerprint density at radius 1 is 1.23 bits per heavy atom. The Bertz CT molecular complexity index is 749. The van der Waals surface area contributed by atoms with Gasteiger partial charge in [-0.25, -0.2) is 8.42 Å². The molecule has 0 spiro atoms. The molecule has 6 nitrogen and oxygen atoms in total. The van der Waals surface area contributed by atoms with Crippen molar-refractivity contribution in [1.29, 1.82) is 0 Å². The highest BCUT2D eigenvalue weighted by molar-refractivity contribution is 7.89. The molecular weight excluding hydrogens is 352 g/mol. The third kappa shape index (κ3) is 4.27. The number of hydrogen-bond donors (Lipinski definition) is 1. The molecule has 1 aromatic rings. The lowest BCUT2D eigenvalue weighted by molar-refractivity contribution is 0.0730. The Morgan fingerprint density at radius 3 is 2.54 bits per heavy atom. The van der Waals surface area contributed by atoms with Gasteiger partial charge >= 0.3 is 0 Å². The van der Waals surface area contributed by atoms with Gasteiger partial charge in [-0.3, -0.25) is 4.79 Å². The number of nitrogens with one attached hydrogen (secondary N) is 1. The minimum atomic E-state index is -3.60. The first-order chi connectivity index (χ1) is 12.3. The van der Waals surface area contributed by atoms with Crippen molar-refractivity contribution < 1.29 is 17.9 Å². The van der Waals surface area contributed by atoms with Gasteiger partial charge in [0.05, 0.1) is 18.1 Å². The maximum absolute atomic E-state index is 12.8. The van der Waals surface area contributed by atoms with Crippen molar-refractivity contribution >= 4 is 15.9 Å². The van der Waals surface area contributed by atoms with Crippen LogP contribution in [0.5, 0.6) is 0 Å². The van der Waals surface area contributed by atoms with Gasteiger partial charge < -0.3 is 10.1 Å². The summed E-state index contributed by atoms with van der Waals surface area (Å²) in [5.41, 5.74) is 0.169. The van der Waals surface area contributed by atoms with Crippen LogP contribution in [0.25, 0.3) is 0 Å². The quantitative estimate of drug-likeness (QED) is 0.870. The summed E-state index contributed by atoms with van der Waals surface area (Å²) in [5.74, 6) is 0.489. The van der Waals surface area contributed by atoms with Gasteiger partial charge in [0.1, 0.15) is 0 Å². The van der Waals surface area contributed by atoms with E-state index >= 15 is 0 Å². The first-order valence-corrected chi connectivity index (χ1v) is 10.7. The first kappa shape index (κ1) is 19.3. The van der Waals surface area contributed by atoms with Crippen LogP contribution < -0.4 is 5.32 Å². The van der Waals surface area contributed by atoms with E-state index in [2.05, 4.69) is 19.2 Å². The zero-order valence-electron chi connectivity index (χ0n) is 15.5. The molecule has 2 aliphatic rings. The Balaban J connectivity index is 1.75. The molecule has 1 amide bonds. The van der Waals surface area contributed by atoms with E-state index in [9.17, 15) is 13.2 Å². The second kappa shape index (κ2) is 7.66. The molecule has 7 heteroatoms. The van der Waals surface area contributed by atoms with Crippen LogP contribution in [-0.2, 0) is 14.8 Å². The molecule has 144 valence electrons. The molecule has 26 heavy (non-hydrogen) atoms. The van der Waals surface area contributed by atoms with Gasteiger partial charge in [0, 0.05) is 24.2 Å². The maximum atomic E-state index is 12.8. The standard InChI is InChI=1S/C19H28N2O4S/c1-15-6-8-19(2,9-7-15)20-18(22)16-4-3-5-17(14-16)26(23,24)21-10-12-25-13-11-21/h3-5,14-15H,6-13H2,1-2H3,(H,20,22). The number of ether oxygens (including phenoxy) is 1. The molecule has 1 heterocycles. The zero-order chi connectivity index (χ0) is 18.8. The molecule has 1 N–H and O–H groups in total. The van der Waals surface area contributed by atoms with E-state index in [0.717, 1.165) is 25.7 Å². The van der Waals surface area contributed by atoms with Gasteiger partial charge in [0.25, 0.3) is 5.91 Å². The Kier molecular flexibility index (Phi) is 5.69. The topological polar surface area (TPSA) is 75.7 Å². The van der Waals surface area contributed by atoms with Gasteiger partial charge in [-0.05, 0) is 56.7 Å². The fraction of sp³-hybridized carbons (Fsp3) is 0.632. The summed E-state index contributed by atoms with van der Waals surface area (Å²) >= 11 is 0. The molecular formula is C19H28N2O4S. The molecule has 1 saturated carbocycles. The zero-order valence-corrected chi connectivity index (χ0v) is 16.3. The van der Waals surface area contributed by atoms with Crippen molar-refractivity contribution in [2.75, 3.05) is 26.3 Å². The third-order valence-electron chi connectivity index (χ3n) is 5.50. The van der Waals surface area contributed by atoms with Crippen molar-refractivity contribution in [2.45, 2.75) is 50.0 Å². The van der Waals surface area contributed by atoms with Gasteiger partial charge in [-0.1, -0.05) is 13.0 Å². The summed E-state index contributed by atoms with van der Waals surface area (Å²) in [6.07, 6.45) is 4.10. The molecule has 0 aromatic heterocycles. The number of morpholine rings is 1. The molecule has 0 atom stereocenters. The Morgan fingerprint density at radius 2 is 1.88 bits per heavy atom. The fourth-order valence-corrected chi connectivity index (χ4v) is 5.06. The third-order valence-corrected chi connectivity index (χ3v) is 7.39. The molecule has 0 bridgehead atoms. The van der Waals surface area contributed by atoms with Crippen molar-refractivity contribution in [3.8, 4) is 0 Å². The van der Waals surface area contributed by atoms with Crippen LogP contribution in [0.1, 0.15) is 49.9 Å². The van der Waals surface area contributed by atoms with E-state index in [4.69, 9.17) is 4.74 Å². The summed E-state index contributed by atoms with van der Waals surface area (Å²) < 4.78 is 32.2.